The van der Waals surface area contributed by atoms with Gasteiger partial charge in [0.05, 0.1) is 11.9 Å². The van der Waals surface area contributed by atoms with Gasteiger partial charge < -0.3 is 10.7 Å². The second kappa shape index (κ2) is 4.10. The highest BCUT2D eigenvalue weighted by Crippen LogP contribution is 2.17. The van der Waals surface area contributed by atoms with Gasteiger partial charge in [0.15, 0.2) is 0 Å². The Morgan fingerprint density at radius 2 is 1.94 bits per heavy atom. The van der Waals surface area contributed by atoms with Crippen molar-refractivity contribution in [1.29, 1.82) is 0 Å². The van der Waals surface area contributed by atoms with E-state index in [2.05, 4.69) is 22.1 Å². The molecule has 1 aromatic carbocycles. The molecule has 2 rings (SSSR count). The normalized spacial score (nSPS) is 11.7. The van der Waals surface area contributed by atoms with Gasteiger partial charge in [0.25, 0.3) is 0 Å². The number of nitrogens with two attached hydrogens (primary N) is 1. The van der Waals surface area contributed by atoms with Gasteiger partial charge in [-0.2, -0.15) is 0 Å². The van der Waals surface area contributed by atoms with Gasteiger partial charge in [0.2, 0.25) is 0 Å². The number of imidazole rings is 1. The highest BCUT2D eigenvalue weighted by atomic mass is 14.9. The quantitative estimate of drug-likeness (QED) is 0.825. The van der Waals surface area contributed by atoms with Crippen molar-refractivity contribution in [1.82, 2.24) is 9.97 Å². The molecule has 0 bridgehead atoms. The van der Waals surface area contributed by atoms with Crippen LogP contribution in [0.2, 0.25) is 0 Å². The summed E-state index contributed by atoms with van der Waals surface area (Å²) in [6.07, 6.45) is 2.61. The van der Waals surface area contributed by atoms with Gasteiger partial charge in [0, 0.05) is 12.0 Å². The minimum absolute atomic E-state index is 0.230. The molecule has 1 aromatic heterocycles. The van der Waals surface area contributed by atoms with Crippen molar-refractivity contribution < 1.29 is 0 Å². The van der Waals surface area contributed by atoms with Crippen molar-refractivity contribution in [2.24, 2.45) is 5.73 Å². The lowest BCUT2D eigenvalue weighted by Crippen LogP contribution is -2.34. The number of nitrogens with zero attached hydrogens (tertiary/aromatic N) is 1. The average Bonchev–Trinajstić information content (AvgIpc) is 2.65. The second-order valence-electron chi connectivity index (χ2n) is 4.77. The van der Waals surface area contributed by atoms with Crippen LogP contribution in [0, 0.1) is 0 Å². The van der Waals surface area contributed by atoms with Gasteiger partial charge in [-0.3, -0.25) is 0 Å². The number of hydrogen-bond donors (Lipinski definition) is 2. The minimum atomic E-state index is -0.230. The fraction of sp³-hybridized carbons (Fsp3) is 0.308. The first-order valence-electron chi connectivity index (χ1n) is 5.43. The van der Waals surface area contributed by atoms with Gasteiger partial charge >= 0.3 is 0 Å². The summed E-state index contributed by atoms with van der Waals surface area (Å²) in [6.45, 7) is 4.00. The van der Waals surface area contributed by atoms with E-state index in [4.69, 9.17) is 5.73 Å². The van der Waals surface area contributed by atoms with Crippen LogP contribution in [-0.2, 0) is 6.42 Å². The molecule has 0 radical (unpaired) electrons. The predicted molar refractivity (Wildman–Crippen MR) is 66.0 cm³/mol. The summed E-state index contributed by atoms with van der Waals surface area (Å²) in [4.78, 5) is 7.64. The largest absolute Gasteiger partial charge is 0.342 e. The Balaban J connectivity index is 2.21. The number of aromatic nitrogens is 2. The molecule has 0 aliphatic heterocycles. The van der Waals surface area contributed by atoms with Crippen molar-refractivity contribution >= 4 is 0 Å². The van der Waals surface area contributed by atoms with E-state index in [9.17, 15) is 0 Å². The number of nitrogens with one attached hydrogen (secondary N) is 1. The third kappa shape index (κ3) is 2.70. The molecule has 1 heterocycles. The molecule has 0 unspecified atom stereocenters. The maximum absolute atomic E-state index is 5.96. The van der Waals surface area contributed by atoms with Gasteiger partial charge in [-0.05, 0) is 19.4 Å². The van der Waals surface area contributed by atoms with Crippen LogP contribution in [0.5, 0.6) is 0 Å². The third-order valence-electron chi connectivity index (χ3n) is 2.34. The molecule has 0 fully saturated rings. The molecule has 2 aromatic rings. The van der Waals surface area contributed by atoms with Crippen molar-refractivity contribution in [3.63, 3.8) is 0 Å². The topological polar surface area (TPSA) is 54.7 Å². The van der Waals surface area contributed by atoms with Gasteiger partial charge in [0.1, 0.15) is 5.82 Å². The molecule has 3 N–H and O–H groups in total. The lowest BCUT2D eigenvalue weighted by atomic mass is 10.0. The molecule has 0 aliphatic rings. The SMILES string of the molecule is CC(C)(N)Cc1ncc(-c2ccccc2)[nH]1. The van der Waals surface area contributed by atoms with E-state index in [-0.39, 0.29) is 5.54 Å². The first-order valence-corrected chi connectivity index (χ1v) is 5.43. The summed E-state index contributed by atoms with van der Waals surface area (Å²) in [6, 6.07) is 10.2. The maximum atomic E-state index is 5.96. The molecule has 16 heavy (non-hydrogen) atoms. The lowest BCUT2D eigenvalue weighted by molar-refractivity contribution is 0.505. The molecule has 3 heteroatoms. The summed E-state index contributed by atoms with van der Waals surface area (Å²) in [7, 11) is 0. The molecule has 84 valence electrons. The number of rotatable bonds is 3. The highest BCUT2D eigenvalue weighted by Gasteiger charge is 2.14. The standard InChI is InChI=1S/C13H17N3/c1-13(2,14)8-12-15-9-11(16-12)10-6-4-3-5-7-10/h3-7,9H,8,14H2,1-2H3,(H,15,16). The van der Waals surface area contributed by atoms with E-state index in [0.29, 0.717) is 0 Å². The molecule has 0 saturated heterocycles. The molecule has 3 nitrogen and oxygen atoms in total. The van der Waals surface area contributed by atoms with Crippen LogP contribution in [0.4, 0.5) is 0 Å². The van der Waals surface area contributed by atoms with E-state index < -0.39 is 0 Å². The van der Waals surface area contributed by atoms with Crippen molar-refractivity contribution in [2.75, 3.05) is 0 Å². The first-order chi connectivity index (χ1) is 7.54. The molecule has 0 amide bonds. The van der Waals surface area contributed by atoms with Gasteiger partial charge in [-0.25, -0.2) is 4.98 Å². The second-order valence-corrected chi connectivity index (χ2v) is 4.77. The van der Waals surface area contributed by atoms with Gasteiger partial charge in [-0.15, -0.1) is 0 Å². The van der Waals surface area contributed by atoms with Crippen molar-refractivity contribution in [2.45, 2.75) is 25.8 Å². The van der Waals surface area contributed by atoms with Crippen LogP contribution in [-0.4, -0.2) is 15.5 Å². The zero-order chi connectivity index (χ0) is 11.6. The van der Waals surface area contributed by atoms with E-state index in [1.165, 1.54) is 0 Å². The Kier molecular flexibility index (Phi) is 2.79. The summed E-state index contributed by atoms with van der Waals surface area (Å²) in [5, 5.41) is 0. The van der Waals surface area contributed by atoms with E-state index >= 15 is 0 Å². The lowest BCUT2D eigenvalue weighted by Gasteiger charge is -2.15. The van der Waals surface area contributed by atoms with Crippen molar-refractivity contribution in [3.8, 4) is 11.3 Å². The Bertz CT molecular complexity index is 452. The molecule has 0 aliphatic carbocycles. The fourth-order valence-electron chi connectivity index (χ4n) is 1.65. The van der Waals surface area contributed by atoms with Crippen LogP contribution in [0.1, 0.15) is 19.7 Å². The molecular formula is C13H17N3. The Hall–Kier alpha value is -1.61. The van der Waals surface area contributed by atoms with Crippen LogP contribution < -0.4 is 5.73 Å². The first kappa shape index (κ1) is 10.9. The summed E-state index contributed by atoms with van der Waals surface area (Å²) in [5.41, 5.74) is 7.92. The molecule has 0 spiro atoms. The number of H-pyrrole nitrogens is 1. The molecule has 0 atom stereocenters. The van der Waals surface area contributed by atoms with Gasteiger partial charge in [-0.1, -0.05) is 30.3 Å². The molecule has 0 saturated carbocycles. The van der Waals surface area contributed by atoms with Crippen molar-refractivity contribution in [3.05, 3.63) is 42.4 Å². The monoisotopic (exact) mass is 215 g/mol. The highest BCUT2D eigenvalue weighted by molar-refractivity contribution is 5.57. The minimum Gasteiger partial charge on any atom is -0.342 e. The fourth-order valence-corrected chi connectivity index (χ4v) is 1.65. The van der Waals surface area contributed by atoms with Crippen LogP contribution in [0.25, 0.3) is 11.3 Å². The zero-order valence-corrected chi connectivity index (χ0v) is 9.70. The van der Waals surface area contributed by atoms with E-state index in [0.717, 1.165) is 23.5 Å². The third-order valence-corrected chi connectivity index (χ3v) is 2.34. The zero-order valence-electron chi connectivity index (χ0n) is 9.70. The average molecular weight is 215 g/mol. The maximum Gasteiger partial charge on any atom is 0.108 e. The van der Waals surface area contributed by atoms with Crippen LogP contribution in [0.3, 0.4) is 0 Å². The Morgan fingerprint density at radius 3 is 2.56 bits per heavy atom. The van der Waals surface area contributed by atoms with E-state index in [1.807, 2.05) is 38.2 Å². The summed E-state index contributed by atoms with van der Waals surface area (Å²) in [5.74, 6) is 0.936. The smallest absolute Gasteiger partial charge is 0.108 e. The number of aromatic amines is 1. The summed E-state index contributed by atoms with van der Waals surface area (Å²) < 4.78 is 0. The Morgan fingerprint density at radius 1 is 1.25 bits per heavy atom. The number of benzene rings is 1. The Labute approximate surface area is 95.7 Å². The predicted octanol–water partition coefficient (Wildman–Crippen LogP) is 2.36. The van der Waals surface area contributed by atoms with E-state index in [1.54, 1.807) is 0 Å². The number of hydrogen-bond acceptors (Lipinski definition) is 2. The van der Waals surface area contributed by atoms with Crippen LogP contribution in [0.15, 0.2) is 36.5 Å². The molecular weight excluding hydrogens is 198 g/mol. The summed E-state index contributed by atoms with van der Waals surface area (Å²) >= 11 is 0. The van der Waals surface area contributed by atoms with Crippen LogP contribution >= 0.6 is 0 Å².